The summed E-state index contributed by atoms with van der Waals surface area (Å²) in [5, 5.41) is 18.6. The zero-order valence-electron chi connectivity index (χ0n) is 9.13. The van der Waals surface area contributed by atoms with Gasteiger partial charge in [0, 0.05) is 6.42 Å². The van der Waals surface area contributed by atoms with E-state index in [1.54, 1.807) is 6.08 Å². The van der Waals surface area contributed by atoms with Gasteiger partial charge in [0.05, 0.1) is 0 Å². The van der Waals surface area contributed by atoms with Crippen LogP contribution in [-0.2, 0) is 6.42 Å². The first-order valence-electron chi connectivity index (χ1n) is 5.53. The minimum Gasteiger partial charge on any atom is -0.362 e. The third-order valence-electron chi connectivity index (χ3n) is 2.77. The van der Waals surface area contributed by atoms with Crippen LogP contribution in [0.1, 0.15) is 18.4 Å². The van der Waals surface area contributed by atoms with Crippen LogP contribution < -0.4 is 0 Å². The maximum atomic E-state index is 9.30. The lowest BCUT2D eigenvalue weighted by atomic mass is 9.97. The molecule has 0 saturated heterocycles. The minimum absolute atomic E-state index is 0.285. The van der Waals surface area contributed by atoms with Gasteiger partial charge in [0.25, 0.3) is 0 Å². The molecule has 1 aromatic carbocycles. The summed E-state index contributed by atoms with van der Waals surface area (Å²) in [5.74, 6) is -1.64. The molecular weight excluding hydrogens is 200 g/mol. The predicted molar refractivity (Wildman–Crippen MR) is 63.8 cm³/mol. The number of hydrogen-bond acceptors (Lipinski definition) is 2. The van der Waals surface area contributed by atoms with Crippen molar-refractivity contribution in [3.8, 4) is 0 Å². The van der Waals surface area contributed by atoms with E-state index in [2.05, 4.69) is 12.1 Å². The summed E-state index contributed by atoms with van der Waals surface area (Å²) in [6, 6.07) is 10.3. The van der Waals surface area contributed by atoms with Gasteiger partial charge in [-0.3, -0.25) is 0 Å². The Morgan fingerprint density at radius 3 is 2.44 bits per heavy atom. The number of aliphatic hydroxyl groups is 2. The third-order valence-corrected chi connectivity index (χ3v) is 2.77. The van der Waals surface area contributed by atoms with Gasteiger partial charge in [-0.15, -0.1) is 0 Å². The van der Waals surface area contributed by atoms with Crippen molar-refractivity contribution in [1.82, 2.24) is 0 Å². The van der Waals surface area contributed by atoms with Crippen LogP contribution in [0.5, 0.6) is 0 Å². The molecule has 0 aromatic heterocycles. The molecule has 0 amide bonds. The molecule has 16 heavy (non-hydrogen) atoms. The molecule has 0 unspecified atom stereocenters. The van der Waals surface area contributed by atoms with Crippen molar-refractivity contribution in [3.05, 3.63) is 59.7 Å². The van der Waals surface area contributed by atoms with Crippen molar-refractivity contribution >= 4 is 0 Å². The highest BCUT2D eigenvalue weighted by atomic mass is 16.5. The van der Waals surface area contributed by atoms with Crippen molar-refractivity contribution in [2.24, 2.45) is 0 Å². The van der Waals surface area contributed by atoms with Gasteiger partial charge in [-0.2, -0.15) is 0 Å². The van der Waals surface area contributed by atoms with Crippen LogP contribution in [0.4, 0.5) is 0 Å². The summed E-state index contributed by atoms with van der Waals surface area (Å²) < 4.78 is 0. The second-order valence-electron chi connectivity index (χ2n) is 4.18. The lowest BCUT2D eigenvalue weighted by Gasteiger charge is -2.19. The van der Waals surface area contributed by atoms with Crippen LogP contribution >= 0.6 is 0 Å². The quantitative estimate of drug-likeness (QED) is 0.760. The topological polar surface area (TPSA) is 40.5 Å². The molecular formula is C14H16O2. The first-order valence-corrected chi connectivity index (χ1v) is 5.53. The third kappa shape index (κ3) is 3.05. The Labute approximate surface area is 95.6 Å². The van der Waals surface area contributed by atoms with Gasteiger partial charge in [0.2, 0.25) is 0 Å². The highest BCUT2D eigenvalue weighted by Crippen LogP contribution is 2.21. The smallest absolute Gasteiger partial charge is 0.186 e. The summed E-state index contributed by atoms with van der Waals surface area (Å²) in [7, 11) is 0. The molecule has 2 nitrogen and oxygen atoms in total. The van der Waals surface area contributed by atoms with Crippen molar-refractivity contribution in [3.63, 3.8) is 0 Å². The average molecular weight is 216 g/mol. The average Bonchev–Trinajstić information content (AvgIpc) is 2.29. The molecule has 0 bridgehead atoms. The van der Waals surface area contributed by atoms with Gasteiger partial charge in [-0.1, -0.05) is 48.1 Å². The Morgan fingerprint density at radius 1 is 1.06 bits per heavy atom. The highest BCUT2D eigenvalue weighted by molar-refractivity contribution is 5.27. The lowest BCUT2D eigenvalue weighted by molar-refractivity contribution is -0.115. The van der Waals surface area contributed by atoms with E-state index in [1.807, 2.05) is 24.3 Å². The van der Waals surface area contributed by atoms with Gasteiger partial charge in [0.15, 0.2) is 5.79 Å². The maximum Gasteiger partial charge on any atom is 0.186 e. The fourth-order valence-electron chi connectivity index (χ4n) is 1.78. The zero-order valence-corrected chi connectivity index (χ0v) is 9.13. The van der Waals surface area contributed by atoms with Crippen LogP contribution in [0.15, 0.2) is 54.1 Å². The largest absolute Gasteiger partial charge is 0.362 e. The van der Waals surface area contributed by atoms with Gasteiger partial charge < -0.3 is 10.2 Å². The second kappa shape index (κ2) is 4.64. The van der Waals surface area contributed by atoms with E-state index in [1.165, 1.54) is 17.2 Å². The molecule has 0 saturated carbocycles. The molecule has 2 N–H and O–H groups in total. The van der Waals surface area contributed by atoms with E-state index in [0.717, 1.165) is 12.8 Å². The maximum absolute atomic E-state index is 9.30. The first kappa shape index (κ1) is 11.1. The molecule has 1 aliphatic rings. The Morgan fingerprint density at radius 2 is 1.81 bits per heavy atom. The van der Waals surface area contributed by atoms with E-state index in [4.69, 9.17) is 0 Å². The number of allylic oxidation sites excluding steroid dienone is 2. The molecule has 84 valence electrons. The molecule has 0 fully saturated rings. The van der Waals surface area contributed by atoms with E-state index in [-0.39, 0.29) is 6.42 Å². The summed E-state index contributed by atoms with van der Waals surface area (Å²) in [6.45, 7) is 0. The number of rotatable bonds is 3. The van der Waals surface area contributed by atoms with Crippen molar-refractivity contribution in [1.29, 1.82) is 0 Å². The van der Waals surface area contributed by atoms with Gasteiger partial charge in [-0.25, -0.2) is 0 Å². The van der Waals surface area contributed by atoms with Crippen LogP contribution in [0.2, 0.25) is 0 Å². The van der Waals surface area contributed by atoms with E-state index in [0.29, 0.717) is 0 Å². The number of aryl methyl sites for hydroxylation is 1. The molecule has 2 rings (SSSR count). The van der Waals surface area contributed by atoms with Crippen LogP contribution in [0, 0.1) is 0 Å². The number of hydrogen-bond donors (Lipinski definition) is 2. The molecule has 0 atom stereocenters. The van der Waals surface area contributed by atoms with Crippen LogP contribution in [0.3, 0.4) is 0 Å². The standard InChI is InChI=1S/C14H16O2/c15-14(16)10-8-13(9-11-14)7-6-12-4-2-1-3-5-12/h1-5,8-10,15-16H,6-7,11H2. The molecule has 0 aliphatic heterocycles. The first-order chi connectivity index (χ1) is 7.66. The lowest BCUT2D eigenvalue weighted by Crippen LogP contribution is -2.25. The molecule has 2 heteroatoms. The van der Waals surface area contributed by atoms with Crippen molar-refractivity contribution in [2.45, 2.75) is 25.0 Å². The van der Waals surface area contributed by atoms with Crippen LogP contribution in [-0.4, -0.2) is 16.0 Å². The monoisotopic (exact) mass is 216 g/mol. The second-order valence-corrected chi connectivity index (χ2v) is 4.18. The van der Waals surface area contributed by atoms with E-state index >= 15 is 0 Å². The van der Waals surface area contributed by atoms with Crippen molar-refractivity contribution in [2.75, 3.05) is 0 Å². The summed E-state index contributed by atoms with van der Waals surface area (Å²) in [5.41, 5.74) is 2.48. The molecule has 0 spiro atoms. The molecule has 0 heterocycles. The normalized spacial score (nSPS) is 18.2. The fourth-order valence-corrected chi connectivity index (χ4v) is 1.78. The van der Waals surface area contributed by atoms with Gasteiger partial charge >= 0.3 is 0 Å². The molecule has 1 aromatic rings. The zero-order chi connectivity index (χ0) is 11.4. The van der Waals surface area contributed by atoms with Crippen molar-refractivity contribution < 1.29 is 10.2 Å². The number of benzene rings is 1. The predicted octanol–water partition coefficient (Wildman–Crippen LogP) is 2.19. The van der Waals surface area contributed by atoms with Gasteiger partial charge in [0.1, 0.15) is 0 Å². The Balaban J connectivity index is 1.89. The minimum atomic E-state index is -1.64. The summed E-state index contributed by atoms with van der Waals surface area (Å²) in [4.78, 5) is 0. The fraction of sp³-hybridized carbons (Fsp3) is 0.286. The molecule has 0 radical (unpaired) electrons. The van der Waals surface area contributed by atoms with E-state index in [9.17, 15) is 10.2 Å². The molecule has 1 aliphatic carbocycles. The highest BCUT2D eigenvalue weighted by Gasteiger charge is 2.20. The Hall–Kier alpha value is -1.38. The van der Waals surface area contributed by atoms with Crippen LogP contribution in [0.25, 0.3) is 0 Å². The Kier molecular flexibility index (Phi) is 3.22. The Bertz CT molecular complexity index is 402. The van der Waals surface area contributed by atoms with Gasteiger partial charge in [-0.05, 0) is 24.5 Å². The summed E-state index contributed by atoms with van der Waals surface area (Å²) in [6.07, 6.45) is 7.35. The summed E-state index contributed by atoms with van der Waals surface area (Å²) >= 11 is 0. The van der Waals surface area contributed by atoms with E-state index < -0.39 is 5.79 Å². The SMILES string of the molecule is OC1(O)C=CC(CCc2ccccc2)=CC1.